The molecule has 12 rings (SSSR count). The fraction of sp³-hybridized carbons (Fsp3) is 0.148. The molecular weight excluding hydrogens is 1590 g/mol. The van der Waals surface area contributed by atoms with Gasteiger partial charge in [-0.2, -0.15) is 6.92 Å². The summed E-state index contributed by atoms with van der Waals surface area (Å²) < 4.78 is 63.6. The molecule has 0 spiro atoms. The van der Waals surface area contributed by atoms with Crippen molar-refractivity contribution in [1.82, 2.24) is 0 Å². The molecule has 0 aliphatic heterocycles. The van der Waals surface area contributed by atoms with Gasteiger partial charge in [0.25, 0.3) is 0 Å². The fourth-order valence-electron chi connectivity index (χ4n) is 11.1. The smallest absolute Gasteiger partial charge is 0.497 e. The van der Waals surface area contributed by atoms with Gasteiger partial charge in [0.2, 0.25) is 0 Å². The first-order valence-corrected chi connectivity index (χ1v) is 38.9. The Morgan fingerprint density at radius 1 is 0.151 bits per heavy atom. The van der Waals surface area contributed by atoms with Crippen LogP contribution in [0.15, 0.2) is 291 Å². The van der Waals surface area contributed by atoms with Gasteiger partial charge < -0.3 is 78.6 Å². The van der Waals surface area contributed by atoms with Crippen molar-refractivity contribution in [3.63, 3.8) is 0 Å². The third-order valence-corrected chi connectivity index (χ3v) is 27.5. The molecule has 0 atom stereocenters. The second-order valence-corrected chi connectivity index (χ2v) is 32.2. The van der Waals surface area contributed by atoms with E-state index < -0.39 is 31.7 Å². The topological polar surface area (TPSA) is 111 Å². The second kappa shape index (κ2) is 47.9. The van der Waals surface area contributed by atoms with Crippen LogP contribution in [-0.4, -0.2) is 85.3 Å². The quantitative estimate of drug-likeness (QED) is 0.0326. The molecule has 0 bridgehead atoms. The molecule has 563 valence electrons. The van der Waals surface area contributed by atoms with E-state index in [9.17, 15) is 0 Å². The molecule has 106 heavy (non-hydrogen) atoms. The van der Waals surface area contributed by atoms with Crippen LogP contribution in [0.3, 0.4) is 0 Å². The fourth-order valence-corrected chi connectivity index (χ4v) is 21.1. The summed E-state index contributed by atoms with van der Waals surface area (Å²) >= 11 is 0. The van der Waals surface area contributed by atoms with Gasteiger partial charge in [0, 0.05) is 22.4 Å². The van der Waals surface area contributed by atoms with Crippen molar-refractivity contribution < 1.29 is 102 Å². The molecule has 0 aliphatic carbocycles. The van der Waals surface area contributed by atoms with Gasteiger partial charge in [-0.15, -0.1) is 0 Å². The minimum atomic E-state index is -1.12. The van der Waals surface area contributed by atoms with Crippen molar-refractivity contribution in [2.24, 2.45) is 0 Å². The van der Waals surface area contributed by atoms with Gasteiger partial charge in [0.1, 0.15) is 133 Å². The Balaban J connectivity index is 0.000000293. The average Bonchev–Trinajstić information content (AvgIpc) is 0.827. The van der Waals surface area contributed by atoms with Crippen LogP contribution in [0.25, 0.3) is 0 Å². The summed E-state index contributed by atoms with van der Waals surface area (Å²) in [6, 6.07) is 100. The maximum atomic E-state index is 5.30. The number of ether oxygens (including phenoxy) is 12. The molecule has 0 amide bonds. The van der Waals surface area contributed by atoms with Crippen LogP contribution in [-0.2, 0) is 44.8 Å². The van der Waals surface area contributed by atoms with Crippen molar-refractivity contribution in [2.75, 3.05) is 85.3 Å². The van der Waals surface area contributed by atoms with Crippen LogP contribution < -0.4 is 120 Å². The zero-order valence-electron chi connectivity index (χ0n) is 62.9. The second-order valence-electron chi connectivity index (χ2n) is 22.2. The largest absolute Gasteiger partial charge is 1.00 e. The molecule has 12 aromatic rings. The van der Waals surface area contributed by atoms with Gasteiger partial charge in [-0.3, -0.25) is 0 Å². The molecule has 0 fully saturated rings. The normalized spacial score (nSPS) is 10.0. The van der Waals surface area contributed by atoms with Crippen LogP contribution in [0.2, 0.25) is 0 Å². The number of methoxy groups -OCH3 is 12. The number of rotatable bonds is 24. The summed E-state index contributed by atoms with van der Waals surface area (Å²) in [5.41, 5.74) is 0. The minimum absolute atomic E-state index is 0. The molecule has 0 saturated heterocycles. The van der Waals surface area contributed by atoms with Gasteiger partial charge in [-0.1, -0.05) is 0 Å². The van der Waals surface area contributed by atoms with E-state index in [1.165, 1.54) is 63.7 Å². The van der Waals surface area contributed by atoms with E-state index >= 15 is 0 Å². The molecule has 1 radical (unpaired) electrons. The zero-order valence-corrected chi connectivity index (χ0v) is 69.9. The van der Waals surface area contributed by atoms with Crippen LogP contribution in [0.1, 0.15) is 6.92 Å². The molecule has 0 aliphatic rings. The minimum Gasteiger partial charge on any atom is -0.497 e. The van der Waals surface area contributed by atoms with E-state index in [2.05, 4.69) is 153 Å². The summed E-state index contributed by atoms with van der Waals surface area (Å²) in [6.45, 7) is 5.00. The van der Waals surface area contributed by atoms with Gasteiger partial charge in [-0.25, -0.2) is 0 Å². The predicted molar refractivity (Wildman–Crippen MR) is 449 cm³/mol. The molecule has 0 unspecified atom stereocenters. The van der Waals surface area contributed by atoms with Crippen molar-refractivity contribution in [3.8, 4) is 69.0 Å². The summed E-state index contributed by atoms with van der Waals surface area (Å²) in [6.07, 6.45) is 0. The summed E-state index contributed by atoms with van der Waals surface area (Å²) in [4.78, 5) is 0. The Hall–Kier alpha value is -8.56. The molecule has 12 aromatic carbocycles. The van der Waals surface area contributed by atoms with Crippen LogP contribution in [0.5, 0.6) is 69.0 Å². The molecule has 0 aromatic heterocycles. The molecule has 0 heterocycles. The SMILES string of the molecule is COc1ccc([PH+](c2ccc(OC)cc2)c2ccc(OC)cc2)cc1.COc1ccc([PH+](c2ccc(OC)cc2)c2ccc(OC)cc2)cc1.COc1ccc([PH+](c2ccc(OC)cc2)c2ccc(OC)cc2)cc1.COc1ccc([PH+](c2ccc(OC)cc2)c2ccc(OC)cc2)cc1.[Ag+].[Ag].[CH2-]C.[CH3-].[CH3-]. The third kappa shape index (κ3) is 25.3. The first-order valence-electron chi connectivity index (χ1n) is 32.9. The van der Waals surface area contributed by atoms with Crippen LogP contribution in [0.4, 0.5) is 0 Å². The molecule has 0 saturated carbocycles. The van der Waals surface area contributed by atoms with E-state index in [4.69, 9.17) is 56.8 Å². The summed E-state index contributed by atoms with van der Waals surface area (Å²) in [5, 5.41) is 15.7. The zero-order chi connectivity index (χ0) is 72.6. The van der Waals surface area contributed by atoms with Crippen LogP contribution in [0, 0.1) is 21.8 Å². The van der Waals surface area contributed by atoms with Crippen LogP contribution >= 0.6 is 31.7 Å². The van der Waals surface area contributed by atoms with E-state index in [-0.39, 0.29) is 59.6 Å². The van der Waals surface area contributed by atoms with E-state index in [1.807, 2.05) is 146 Å². The first kappa shape index (κ1) is 89.8. The number of hydrogen-bond donors (Lipinski definition) is 0. The average molecular weight is 1690 g/mol. The Kier molecular flexibility index (Phi) is 40.6. The predicted octanol–water partition coefficient (Wildman–Crippen LogP) is 14.5. The van der Waals surface area contributed by atoms with Crippen molar-refractivity contribution in [3.05, 3.63) is 313 Å². The molecule has 18 heteroatoms. The van der Waals surface area contributed by atoms with Gasteiger partial charge in [0.15, 0.2) is 0 Å². The van der Waals surface area contributed by atoms with E-state index in [1.54, 1.807) is 92.2 Å². The standard InChI is InChI=1S/4C21H21O3P.C2H5.2CH3.2Ag/c4*1-22-16-4-10-19(11-5-16)25(20-12-6-17(23-2)7-13-20)21-14-8-18(24-3)9-15-21;1-2;;;;/h4*4-15H,1-3H3;1H2,2H3;2*1H3;;/q;;;;3*-1;;+1/p+4. The Morgan fingerprint density at radius 2 is 0.208 bits per heavy atom. The van der Waals surface area contributed by atoms with Crippen molar-refractivity contribution >= 4 is 95.3 Å². The van der Waals surface area contributed by atoms with E-state index in [0.29, 0.717) is 0 Å². The molecular formula is C88H99Ag2O12P4+2. The maximum Gasteiger partial charge on any atom is 1.00 e. The van der Waals surface area contributed by atoms with Gasteiger partial charge >= 0.3 is 22.4 Å². The summed E-state index contributed by atoms with van der Waals surface area (Å²) in [7, 11) is 15.8. The molecule has 0 N–H and O–H groups in total. The summed E-state index contributed by atoms with van der Waals surface area (Å²) in [5.74, 6) is 10.4. The Morgan fingerprint density at radius 3 is 0.255 bits per heavy atom. The first-order chi connectivity index (χ1) is 50.0. The monoisotopic (exact) mass is 1690 g/mol. The number of hydrogen-bond acceptors (Lipinski definition) is 12. The van der Waals surface area contributed by atoms with E-state index in [0.717, 1.165) is 69.0 Å². The van der Waals surface area contributed by atoms with Gasteiger partial charge in [-0.05, 0) is 291 Å². The number of benzene rings is 12. The molecule has 12 nitrogen and oxygen atoms in total. The van der Waals surface area contributed by atoms with Crippen molar-refractivity contribution in [2.45, 2.75) is 6.92 Å². The maximum absolute atomic E-state index is 5.30. The Labute approximate surface area is 666 Å². The third-order valence-electron chi connectivity index (χ3n) is 16.5. The van der Waals surface area contributed by atoms with Crippen molar-refractivity contribution in [1.29, 1.82) is 0 Å². The Bertz CT molecular complexity index is 3320. The van der Waals surface area contributed by atoms with Gasteiger partial charge in [0.05, 0.1) is 117 Å².